The maximum Gasteiger partial charge on any atom is 0.225 e. The minimum atomic E-state index is 0.626. The van der Waals surface area contributed by atoms with Crippen molar-refractivity contribution < 1.29 is 0 Å². The molecule has 1 fully saturated rings. The lowest BCUT2D eigenvalue weighted by atomic mass is 10.0. The zero-order valence-corrected chi connectivity index (χ0v) is 12.4. The Bertz CT molecular complexity index is 544. The van der Waals surface area contributed by atoms with Gasteiger partial charge in [0.15, 0.2) is 0 Å². The van der Waals surface area contributed by atoms with Crippen molar-refractivity contribution in [3.63, 3.8) is 0 Å². The van der Waals surface area contributed by atoms with Crippen molar-refractivity contribution in [3.8, 4) is 0 Å². The smallest absolute Gasteiger partial charge is 0.225 e. The van der Waals surface area contributed by atoms with E-state index in [1.54, 1.807) is 0 Å². The van der Waals surface area contributed by atoms with Gasteiger partial charge in [-0.3, -0.25) is 4.68 Å². The summed E-state index contributed by atoms with van der Waals surface area (Å²) in [5.74, 6) is 1.47. The van der Waals surface area contributed by atoms with E-state index in [4.69, 9.17) is 0 Å². The van der Waals surface area contributed by atoms with Gasteiger partial charge in [-0.25, -0.2) is 9.97 Å². The largest absolute Gasteiger partial charge is 0.340 e. The third kappa shape index (κ3) is 2.78. The molecule has 5 nitrogen and oxygen atoms in total. The summed E-state index contributed by atoms with van der Waals surface area (Å²) in [6.45, 7) is 5.07. The van der Waals surface area contributed by atoms with Gasteiger partial charge in [0.1, 0.15) is 0 Å². The molecule has 3 rings (SSSR count). The quantitative estimate of drug-likeness (QED) is 0.865. The summed E-state index contributed by atoms with van der Waals surface area (Å²) >= 11 is 3.41. The van der Waals surface area contributed by atoms with Crippen molar-refractivity contribution >= 4 is 21.9 Å². The molecule has 0 atom stereocenters. The highest BCUT2D eigenvalue weighted by atomic mass is 79.9. The predicted octanol–water partition coefficient (Wildman–Crippen LogP) is 2.13. The Labute approximate surface area is 120 Å². The lowest BCUT2D eigenvalue weighted by molar-refractivity contribution is 0.338. The fourth-order valence-electron chi connectivity index (χ4n) is 2.25. The van der Waals surface area contributed by atoms with Crippen LogP contribution in [0.15, 0.2) is 29.3 Å². The Balaban J connectivity index is 1.54. The fourth-order valence-corrected chi connectivity index (χ4v) is 2.57. The molecule has 1 aliphatic rings. The molecule has 0 amide bonds. The molecular weight excluding hydrogens is 306 g/mol. The minimum Gasteiger partial charge on any atom is -0.340 e. The number of anilines is 1. The van der Waals surface area contributed by atoms with Crippen molar-refractivity contribution in [2.75, 3.05) is 18.0 Å². The van der Waals surface area contributed by atoms with E-state index in [1.807, 2.05) is 29.5 Å². The first-order valence-corrected chi connectivity index (χ1v) is 7.27. The fraction of sp³-hybridized carbons (Fsp3) is 0.462. The molecule has 0 spiro atoms. The molecule has 3 heterocycles. The summed E-state index contributed by atoms with van der Waals surface area (Å²) in [5.41, 5.74) is 1.18. The van der Waals surface area contributed by atoms with Gasteiger partial charge in [-0.15, -0.1) is 0 Å². The van der Waals surface area contributed by atoms with E-state index in [2.05, 4.69) is 42.8 Å². The van der Waals surface area contributed by atoms with Crippen molar-refractivity contribution in [3.05, 3.63) is 34.8 Å². The molecule has 0 aromatic carbocycles. The highest BCUT2D eigenvalue weighted by Crippen LogP contribution is 2.22. The molecule has 0 N–H and O–H groups in total. The molecule has 1 saturated heterocycles. The third-order valence-electron chi connectivity index (χ3n) is 3.39. The average molecular weight is 322 g/mol. The van der Waals surface area contributed by atoms with Crippen LogP contribution >= 0.6 is 15.9 Å². The molecule has 2 aromatic heterocycles. The van der Waals surface area contributed by atoms with Crippen molar-refractivity contribution in [1.82, 2.24) is 19.7 Å². The maximum atomic E-state index is 4.40. The molecule has 0 radical (unpaired) electrons. The standard InChI is InChI=1S/C13H16BrN5/c1-2-10-3-15-13(16-4-10)18-6-11(7-18)8-19-9-12(14)5-17-19/h3-5,9,11H,2,6-8H2,1H3. The van der Waals surface area contributed by atoms with E-state index < -0.39 is 0 Å². The van der Waals surface area contributed by atoms with E-state index in [1.165, 1.54) is 5.56 Å². The highest BCUT2D eigenvalue weighted by molar-refractivity contribution is 9.10. The van der Waals surface area contributed by atoms with Crippen molar-refractivity contribution in [2.45, 2.75) is 19.9 Å². The molecular formula is C13H16BrN5. The summed E-state index contributed by atoms with van der Waals surface area (Å²) in [6, 6.07) is 0. The molecule has 6 heteroatoms. The highest BCUT2D eigenvalue weighted by Gasteiger charge is 2.28. The van der Waals surface area contributed by atoms with E-state index >= 15 is 0 Å². The van der Waals surface area contributed by atoms with Crippen LogP contribution in [0.3, 0.4) is 0 Å². The van der Waals surface area contributed by atoms with E-state index in [-0.39, 0.29) is 0 Å². The summed E-state index contributed by atoms with van der Waals surface area (Å²) in [5, 5.41) is 4.28. The molecule has 0 saturated carbocycles. The van der Waals surface area contributed by atoms with Crippen molar-refractivity contribution in [2.24, 2.45) is 5.92 Å². The predicted molar refractivity (Wildman–Crippen MR) is 77.0 cm³/mol. The lowest BCUT2D eigenvalue weighted by Crippen LogP contribution is -2.49. The Kier molecular flexibility index (Phi) is 3.50. The average Bonchev–Trinajstić information content (AvgIpc) is 2.79. The topological polar surface area (TPSA) is 46.8 Å². The Hall–Kier alpha value is -1.43. The van der Waals surface area contributed by atoms with Crippen LogP contribution in [0.1, 0.15) is 12.5 Å². The molecule has 0 aliphatic carbocycles. The molecule has 100 valence electrons. The Morgan fingerprint density at radius 3 is 2.58 bits per heavy atom. The molecule has 0 bridgehead atoms. The van der Waals surface area contributed by atoms with Crippen LogP contribution in [0.4, 0.5) is 5.95 Å². The number of aromatic nitrogens is 4. The summed E-state index contributed by atoms with van der Waals surface area (Å²) < 4.78 is 3.01. The van der Waals surface area contributed by atoms with Crippen LogP contribution in [-0.4, -0.2) is 32.8 Å². The Morgan fingerprint density at radius 1 is 1.26 bits per heavy atom. The number of hydrogen-bond donors (Lipinski definition) is 0. The summed E-state index contributed by atoms with van der Waals surface area (Å²) in [6.07, 6.45) is 8.65. The SMILES string of the molecule is CCc1cnc(N2CC(Cn3cc(Br)cn3)C2)nc1. The normalized spacial score (nSPS) is 15.6. The monoisotopic (exact) mass is 321 g/mol. The number of rotatable bonds is 4. The Morgan fingerprint density at radius 2 is 2.00 bits per heavy atom. The zero-order valence-electron chi connectivity index (χ0n) is 10.8. The third-order valence-corrected chi connectivity index (χ3v) is 3.80. The van der Waals surface area contributed by atoms with Crippen LogP contribution in [0.2, 0.25) is 0 Å². The van der Waals surface area contributed by atoms with Gasteiger partial charge in [0.25, 0.3) is 0 Å². The first-order chi connectivity index (χ1) is 9.24. The van der Waals surface area contributed by atoms with Crippen LogP contribution in [0, 0.1) is 5.92 Å². The number of aryl methyl sites for hydroxylation is 1. The zero-order chi connectivity index (χ0) is 13.2. The van der Waals surface area contributed by atoms with Gasteiger partial charge in [0.2, 0.25) is 5.95 Å². The minimum absolute atomic E-state index is 0.626. The second-order valence-corrected chi connectivity index (χ2v) is 5.81. The van der Waals surface area contributed by atoms with Crippen molar-refractivity contribution in [1.29, 1.82) is 0 Å². The first kappa shape index (κ1) is 12.6. The van der Waals surface area contributed by atoms with E-state index in [0.29, 0.717) is 5.92 Å². The lowest BCUT2D eigenvalue weighted by Gasteiger charge is -2.39. The van der Waals surface area contributed by atoms with Gasteiger partial charge in [-0.2, -0.15) is 5.10 Å². The second kappa shape index (κ2) is 5.28. The van der Waals surface area contributed by atoms with Gasteiger partial charge in [-0.05, 0) is 27.9 Å². The number of nitrogens with zero attached hydrogens (tertiary/aromatic N) is 5. The number of halogens is 1. The number of hydrogen-bond acceptors (Lipinski definition) is 4. The van der Waals surface area contributed by atoms with Crippen LogP contribution in [0.25, 0.3) is 0 Å². The van der Waals surface area contributed by atoms with Crippen LogP contribution in [-0.2, 0) is 13.0 Å². The van der Waals surface area contributed by atoms with E-state index in [0.717, 1.165) is 36.5 Å². The van der Waals surface area contributed by atoms with Crippen LogP contribution < -0.4 is 4.90 Å². The van der Waals surface area contributed by atoms with Gasteiger partial charge in [-0.1, -0.05) is 6.92 Å². The first-order valence-electron chi connectivity index (χ1n) is 6.48. The van der Waals surface area contributed by atoms with E-state index in [9.17, 15) is 0 Å². The summed E-state index contributed by atoms with van der Waals surface area (Å²) in [7, 11) is 0. The molecule has 1 aliphatic heterocycles. The van der Waals surface area contributed by atoms with Gasteiger partial charge in [0, 0.05) is 44.1 Å². The second-order valence-electron chi connectivity index (χ2n) is 4.90. The maximum absolute atomic E-state index is 4.40. The van der Waals surface area contributed by atoms with Gasteiger partial charge in [0.05, 0.1) is 10.7 Å². The summed E-state index contributed by atoms with van der Waals surface area (Å²) in [4.78, 5) is 11.0. The van der Waals surface area contributed by atoms with Gasteiger partial charge < -0.3 is 4.90 Å². The molecule has 19 heavy (non-hydrogen) atoms. The molecule has 0 unspecified atom stereocenters. The molecule has 2 aromatic rings. The van der Waals surface area contributed by atoms with Gasteiger partial charge >= 0.3 is 0 Å². The van der Waals surface area contributed by atoms with Crippen LogP contribution in [0.5, 0.6) is 0 Å².